The number of H-pyrrole nitrogens is 1. The highest BCUT2D eigenvalue weighted by Crippen LogP contribution is 2.12. The molecule has 2 aromatic rings. The molecule has 0 saturated carbocycles. The Bertz CT molecular complexity index is 513. The van der Waals surface area contributed by atoms with Crippen molar-refractivity contribution in [1.82, 2.24) is 9.55 Å². The third kappa shape index (κ3) is 1.40. The minimum absolute atomic E-state index is 0.583. The van der Waals surface area contributed by atoms with Crippen LogP contribution in [0.15, 0.2) is 36.7 Å². The van der Waals surface area contributed by atoms with E-state index in [4.69, 9.17) is 12.2 Å². The Morgan fingerprint density at radius 3 is 2.79 bits per heavy atom. The lowest BCUT2D eigenvalue weighted by atomic mass is 10.2. The van der Waals surface area contributed by atoms with Crippen molar-refractivity contribution in [1.29, 1.82) is 0 Å². The van der Waals surface area contributed by atoms with Crippen molar-refractivity contribution in [2.24, 2.45) is 0 Å². The average molecular weight is 204 g/mol. The van der Waals surface area contributed by atoms with Gasteiger partial charge in [-0.3, -0.25) is 9.36 Å². The van der Waals surface area contributed by atoms with E-state index in [1.165, 1.54) is 0 Å². The van der Waals surface area contributed by atoms with E-state index in [9.17, 15) is 4.79 Å². The number of aromatic nitrogens is 2. The fraction of sp³-hybridized carbons (Fsp3) is 0. The number of benzene rings is 1. The van der Waals surface area contributed by atoms with Crippen LogP contribution < -0.4 is 0 Å². The first-order valence-corrected chi connectivity index (χ1v) is 4.54. The summed E-state index contributed by atoms with van der Waals surface area (Å²) in [6.45, 7) is 0. The largest absolute Gasteiger partial charge is 0.337 e. The molecule has 0 aliphatic rings. The highest BCUT2D eigenvalue weighted by molar-refractivity contribution is 7.71. The van der Waals surface area contributed by atoms with Gasteiger partial charge in [0.15, 0.2) is 11.1 Å². The molecule has 1 N–H and O–H groups in total. The number of carbonyl (C=O) groups excluding carboxylic acids is 1. The van der Waals surface area contributed by atoms with Crippen LogP contribution in [0.4, 0.5) is 0 Å². The van der Waals surface area contributed by atoms with Crippen molar-refractivity contribution in [2.45, 2.75) is 0 Å². The zero-order valence-corrected chi connectivity index (χ0v) is 8.12. The van der Waals surface area contributed by atoms with Gasteiger partial charge in [-0.2, -0.15) is 0 Å². The summed E-state index contributed by atoms with van der Waals surface area (Å²) in [6, 6.07) is 7.31. The minimum atomic E-state index is 0.583. The molecule has 70 valence electrons. The summed E-state index contributed by atoms with van der Waals surface area (Å²) in [4.78, 5) is 13.7. The zero-order chi connectivity index (χ0) is 9.97. The lowest BCUT2D eigenvalue weighted by molar-refractivity contribution is 0.112. The van der Waals surface area contributed by atoms with Crippen LogP contribution in [0, 0.1) is 4.77 Å². The molecule has 1 aromatic carbocycles. The molecular formula is C10H8N2OS. The highest BCUT2D eigenvalue weighted by Gasteiger charge is 2.02. The number of hydrogen-bond donors (Lipinski definition) is 1. The Hall–Kier alpha value is -1.68. The summed E-state index contributed by atoms with van der Waals surface area (Å²) >= 11 is 5.07. The number of aromatic amines is 1. The third-order valence-corrected chi connectivity index (χ3v) is 2.29. The van der Waals surface area contributed by atoms with Gasteiger partial charge in [0.05, 0.1) is 5.69 Å². The van der Waals surface area contributed by atoms with Gasteiger partial charge in [-0.1, -0.05) is 12.1 Å². The molecule has 2 rings (SSSR count). The van der Waals surface area contributed by atoms with Gasteiger partial charge in [0.25, 0.3) is 0 Å². The molecule has 0 saturated heterocycles. The first-order valence-electron chi connectivity index (χ1n) is 4.13. The standard InChI is InChI=1S/C10H8N2OS/c13-7-8-3-1-2-4-9(8)12-6-5-11-10(12)14/h1-7H,(H,11,14). The molecular weight excluding hydrogens is 196 g/mol. The van der Waals surface area contributed by atoms with Gasteiger partial charge in [0.1, 0.15) is 0 Å². The summed E-state index contributed by atoms with van der Waals surface area (Å²) in [5.41, 5.74) is 1.43. The van der Waals surface area contributed by atoms with E-state index >= 15 is 0 Å². The zero-order valence-electron chi connectivity index (χ0n) is 7.31. The van der Waals surface area contributed by atoms with Crippen molar-refractivity contribution >= 4 is 18.5 Å². The van der Waals surface area contributed by atoms with Crippen molar-refractivity contribution in [2.75, 3.05) is 0 Å². The fourth-order valence-electron chi connectivity index (χ4n) is 1.32. The maximum atomic E-state index is 10.8. The second-order valence-electron chi connectivity index (χ2n) is 2.81. The van der Waals surface area contributed by atoms with Crippen LogP contribution in [0.2, 0.25) is 0 Å². The van der Waals surface area contributed by atoms with Gasteiger partial charge in [-0.25, -0.2) is 0 Å². The number of para-hydroxylation sites is 1. The molecule has 3 nitrogen and oxygen atoms in total. The minimum Gasteiger partial charge on any atom is -0.337 e. The normalized spacial score (nSPS) is 10.0. The number of aldehydes is 1. The van der Waals surface area contributed by atoms with Gasteiger partial charge in [0, 0.05) is 18.0 Å². The molecule has 0 fully saturated rings. The number of imidazole rings is 1. The van der Waals surface area contributed by atoms with Crippen LogP contribution >= 0.6 is 12.2 Å². The lowest BCUT2D eigenvalue weighted by Gasteiger charge is -2.04. The molecule has 14 heavy (non-hydrogen) atoms. The molecule has 0 aliphatic heterocycles. The summed E-state index contributed by atoms with van der Waals surface area (Å²) in [6.07, 6.45) is 4.36. The second kappa shape index (κ2) is 3.59. The van der Waals surface area contributed by atoms with Gasteiger partial charge in [-0.15, -0.1) is 0 Å². The quantitative estimate of drug-likeness (QED) is 0.602. The molecule has 4 heteroatoms. The van der Waals surface area contributed by atoms with Crippen LogP contribution in [0.25, 0.3) is 5.69 Å². The molecule has 0 aliphatic carbocycles. The summed E-state index contributed by atoms with van der Waals surface area (Å²) in [7, 11) is 0. The van der Waals surface area contributed by atoms with Gasteiger partial charge < -0.3 is 4.98 Å². The number of nitrogens with one attached hydrogen (secondary N) is 1. The molecule has 0 spiro atoms. The third-order valence-electron chi connectivity index (χ3n) is 1.97. The topological polar surface area (TPSA) is 37.8 Å². The predicted octanol–water partition coefficient (Wildman–Crippen LogP) is 2.35. The van der Waals surface area contributed by atoms with Crippen molar-refractivity contribution in [3.05, 3.63) is 47.0 Å². The first-order chi connectivity index (χ1) is 6.83. The van der Waals surface area contributed by atoms with Gasteiger partial charge in [0.2, 0.25) is 0 Å². The monoisotopic (exact) mass is 204 g/mol. The molecule has 1 heterocycles. The van der Waals surface area contributed by atoms with Crippen LogP contribution in [-0.2, 0) is 0 Å². The number of hydrogen-bond acceptors (Lipinski definition) is 2. The molecule has 0 bridgehead atoms. The Morgan fingerprint density at radius 1 is 1.36 bits per heavy atom. The Kier molecular flexibility index (Phi) is 2.28. The Labute approximate surface area is 86.0 Å². The van der Waals surface area contributed by atoms with Crippen molar-refractivity contribution < 1.29 is 4.79 Å². The van der Waals surface area contributed by atoms with Crippen molar-refractivity contribution in [3.8, 4) is 5.69 Å². The van der Waals surface area contributed by atoms with Crippen molar-refractivity contribution in [3.63, 3.8) is 0 Å². The van der Waals surface area contributed by atoms with E-state index in [-0.39, 0.29) is 0 Å². The Morgan fingerprint density at radius 2 is 2.14 bits per heavy atom. The predicted molar refractivity (Wildman–Crippen MR) is 56.3 cm³/mol. The summed E-state index contributed by atoms with van der Waals surface area (Å²) < 4.78 is 2.35. The van der Waals surface area contributed by atoms with E-state index in [0.717, 1.165) is 12.0 Å². The summed E-state index contributed by atoms with van der Waals surface area (Å²) in [5.74, 6) is 0. The fourth-order valence-corrected chi connectivity index (χ4v) is 1.54. The smallest absolute Gasteiger partial charge is 0.181 e. The van der Waals surface area contributed by atoms with E-state index in [1.54, 1.807) is 23.0 Å². The SMILES string of the molecule is O=Cc1ccccc1-n1cc[nH]c1=S. The first kappa shape index (κ1) is 8.90. The second-order valence-corrected chi connectivity index (χ2v) is 3.20. The summed E-state index contributed by atoms with van der Waals surface area (Å²) in [5, 5.41) is 0. The Balaban J connectivity index is 2.68. The average Bonchev–Trinajstić information content (AvgIpc) is 2.64. The van der Waals surface area contributed by atoms with Crippen LogP contribution in [0.3, 0.4) is 0 Å². The number of rotatable bonds is 2. The van der Waals surface area contributed by atoms with E-state index in [1.807, 2.05) is 18.2 Å². The molecule has 1 aromatic heterocycles. The van der Waals surface area contributed by atoms with Gasteiger partial charge >= 0.3 is 0 Å². The van der Waals surface area contributed by atoms with Gasteiger partial charge in [-0.05, 0) is 24.4 Å². The van der Waals surface area contributed by atoms with Crippen LogP contribution in [-0.4, -0.2) is 15.8 Å². The van der Waals surface area contributed by atoms with E-state index in [2.05, 4.69) is 4.98 Å². The lowest BCUT2D eigenvalue weighted by Crippen LogP contribution is -1.97. The number of nitrogens with zero attached hydrogens (tertiary/aromatic N) is 1. The molecule has 0 atom stereocenters. The maximum absolute atomic E-state index is 10.8. The highest BCUT2D eigenvalue weighted by atomic mass is 32.1. The molecule has 0 unspecified atom stereocenters. The van der Waals surface area contributed by atoms with E-state index < -0.39 is 0 Å². The van der Waals surface area contributed by atoms with E-state index in [0.29, 0.717) is 10.3 Å². The van der Waals surface area contributed by atoms with Crippen LogP contribution in [0.1, 0.15) is 10.4 Å². The van der Waals surface area contributed by atoms with Crippen LogP contribution in [0.5, 0.6) is 0 Å². The maximum Gasteiger partial charge on any atom is 0.181 e. The molecule has 0 amide bonds. The number of carbonyl (C=O) groups is 1. The molecule has 0 radical (unpaired) electrons.